The van der Waals surface area contributed by atoms with Crippen LogP contribution in [0.1, 0.15) is 15.9 Å². The molecule has 0 bridgehead atoms. The lowest BCUT2D eigenvalue weighted by molar-refractivity contribution is -0.137. The number of esters is 1. The minimum atomic E-state index is -0.796. The number of hydrogen-bond acceptors (Lipinski definition) is 6. The summed E-state index contributed by atoms with van der Waals surface area (Å²) in [4.78, 5) is 56.5. The van der Waals surface area contributed by atoms with Crippen molar-refractivity contribution in [2.75, 3.05) is 7.11 Å². The van der Waals surface area contributed by atoms with E-state index < -0.39 is 11.9 Å². The van der Waals surface area contributed by atoms with Gasteiger partial charge in [-0.05, 0) is 34.9 Å². The molecule has 0 atom stereocenters. The Morgan fingerprint density at radius 1 is 1.16 bits per heavy atom. The fourth-order valence-electron chi connectivity index (χ4n) is 3.53. The highest BCUT2D eigenvalue weighted by atomic mass is 16.5. The van der Waals surface area contributed by atoms with E-state index in [9.17, 15) is 19.2 Å². The molecule has 9 nitrogen and oxygen atoms in total. The molecule has 9 heteroatoms. The summed E-state index contributed by atoms with van der Waals surface area (Å²) in [5, 5.41) is 2.29. The van der Waals surface area contributed by atoms with Crippen LogP contribution in [0.2, 0.25) is 0 Å². The first-order valence-corrected chi connectivity index (χ1v) is 9.51. The third-order valence-corrected chi connectivity index (χ3v) is 5.14. The lowest BCUT2D eigenvalue weighted by atomic mass is 9.96. The molecule has 4 rings (SSSR count). The molecule has 32 heavy (non-hydrogen) atoms. The van der Waals surface area contributed by atoms with Crippen molar-refractivity contribution in [1.82, 2.24) is 20.2 Å². The summed E-state index contributed by atoms with van der Waals surface area (Å²) >= 11 is 0. The van der Waals surface area contributed by atoms with Crippen LogP contribution >= 0.6 is 0 Å². The number of nitrogens with zero attached hydrogens (tertiary/aromatic N) is 2. The molecular formula is C23H18N4O5. The SMILES string of the molecule is C=C(NC(=O)C(=C)N1Cc2c(cccc2-c2ccc3[nH]c(=O)cnc3c2)C1=O)C(=O)OC. The number of H-pyrrole nitrogens is 1. The Hall–Kier alpha value is -4.53. The van der Waals surface area contributed by atoms with E-state index in [1.54, 1.807) is 18.2 Å². The fraction of sp³-hybridized carbons (Fsp3) is 0.0870. The quantitative estimate of drug-likeness (QED) is 0.471. The number of hydrogen-bond donors (Lipinski definition) is 2. The molecule has 2 aromatic carbocycles. The van der Waals surface area contributed by atoms with Crippen LogP contribution in [0.3, 0.4) is 0 Å². The third kappa shape index (κ3) is 3.56. The van der Waals surface area contributed by atoms with Crippen LogP contribution in [0.25, 0.3) is 22.2 Å². The number of amides is 2. The van der Waals surface area contributed by atoms with Gasteiger partial charge in [-0.3, -0.25) is 19.3 Å². The maximum atomic E-state index is 13.0. The van der Waals surface area contributed by atoms with Crippen molar-refractivity contribution in [3.63, 3.8) is 0 Å². The number of ether oxygens (including phenoxy) is 1. The van der Waals surface area contributed by atoms with Gasteiger partial charge in [0.2, 0.25) is 0 Å². The summed E-state index contributed by atoms with van der Waals surface area (Å²) in [5.74, 6) is -1.91. The summed E-state index contributed by atoms with van der Waals surface area (Å²) < 4.78 is 4.50. The van der Waals surface area contributed by atoms with Gasteiger partial charge in [0.1, 0.15) is 11.4 Å². The maximum Gasteiger partial charge on any atom is 0.353 e. The number of methoxy groups -OCH3 is 1. The first-order chi connectivity index (χ1) is 15.3. The molecule has 0 radical (unpaired) electrons. The summed E-state index contributed by atoms with van der Waals surface area (Å²) in [6, 6.07) is 10.7. The molecule has 1 aliphatic rings. The number of benzene rings is 2. The van der Waals surface area contributed by atoms with Gasteiger partial charge in [0.15, 0.2) is 0 Å². The Labute approximate surface area is 182 Å². The van der Waals surface area contributed by atoms with Crippen molar-refractivity contribution in [2.45, 2.75) is 6.54 Å². The summed E-state index contributed by atoms with van der Waals surface area (Å²) in [6.07, 6.45) is 1.21. The van der Waals surface area contributed by atoms with Crippen molar-refractivity contribution >= 4 is 28.8 Å². The molecule has 2 amide bonds. The minimum absolute atomic E-state index is 0.123. The van der Waals surface area contributed by atoms with E-state index in [1.807, 2.05) is 18.2 Å². The zero-order valence-corrected chi connectivity index (χ0v) is 17.1. The van der Waals surface area contributed by atoms with Gasteiger partial charge in [0, 0.05) is 5.56 Å². The molecule has 1 aliphatic heterocycles. The van der Waals surface area contributed by atoms with Crippen LogP contribution in [0, 0.1) is 0 Å². The van der Waals surface area contributed by atoms with Crippen molar-refractivity contribution in [3.8, 4) is 11.1 Å². The second-order valence-electron chi connectivity index (χ2n) is 7.07. The first-order valence-electron chi connectivity index (χ1n) is 9.51. The Bertz CT molecular complexity index is 1390. The lowest BCUT2D eigenvalue weighted by Gasteiger charge is -2.18. The molecule has 1 aromatic heterocycles. The number of carbonyl (C=O) groups is 3. The molecule has 160 valence electrons. The van der Waals surface area contributed by atoms with Crippen molar-refractivity contribution in [2.24, 2.45) is 0 Å². The van der Waals surface area contributed by atoms with Crippen LogP contribution in [-0.2, 0) is 20.9 Å². The highest BCUT2D eigenvalue weighted by Crippen LogP contribution is 2.34. The van der Waals surface area contributed by atoms with Gasteiger partial charge >= 0.3 is 5.97 Å². The Balaban J connectivity index is 1.64. The average molecular weight is 430 g/mol. The smallest absolute Gasteiger partial charge is 0.353 e. The molecular weight excluding hydrogens is 412 g/mol. The molecule has 0 saturated heterocycles. The van der Waals surface area contributed by atoms with Crippen LogP contribution in [0.4, 0.5) is 0 Å². The highest BCUT2D eigenvalue weighted by Gasteiger charge is 2.33. The van der Waals surface area contributed by atoms with Crippen LogP contribution in [-0.4, -0.2) is 39.8 Å². The van der Waals surface area contributed by atoms with Gasteiger partial charge < -0.3 is 15.0 Å². The number of aromatic nitrogens is 2. The van der Waals surface area contributed by atoms with Crippen molar-refractivity contribution < 1.29 is 19.1 Å². The lowest BCUT2D eigenvalue weighted by Crippen LogP contribution is -2.36. The minimum Gasteiger partial charge on any atom is -0.464 e. The molecule has 0 unspecified atom stereocenters. The van der Waals surface area contributed by atoms with E-state index >= 15 is 0 Å². The molecule has 0 spiro atoms. The summed E-state index contributed by atoms with van der Waals surface area (Å²) in [5.41, 5.74) is 3.29. The van der Waals surface area contributed by atoms with E-state index in [1.165, 1.54) is 11.1 Å². The molecule has 2 heterocycles. The Morgan fingerprint density at radius 3 is 2.66 bits per heavy atom. The van der Waals surface area contributed by atoms with Gasteiger partial charge in [0.25, 0.3) is 17.4 Å². The fourth-order valence-corrected chi connectivity index (χ4v) is 3.53. The van der Waals surface area contributed by atoms with Gasteiger partial charge in [-0.15, -0.1) is 0 Å². The van der Waals surface area contributed by atoms with Gasteiger partial charge in [-0.25, -0.2) is 9.78 Å². The number of carbonyl (C=O) groups excluding carboxylic acids is 3. The second-order valence-corrected chi connectivity index (χ2v) is 7.07. The zero-order valence-electron chi connectivity index (χ0n) is 17.1. The normalized spacial score (nSPS) is 12.4. The van der Waals surface area contributed by atoms with Crippen molar-refractivity contribution in [3.05, 3.63) is 88.6 Å². The van der Waals surface area contributed by atoms with E-state index in [0.717, 1.165) is 23.8 Å². The largest absolute Gasteiger partial charge is 0.464 e. The third-order valence-electron chi connectivity index (χ3n) is 5.14. The molecule has 0 aliphatic carbocycles. The number of fused-ring (bicyclic) bond motifs is 2. The standard InChI is InChI=1S/C23H18N4O5/c1-12(23(31)32-3)25-21(29)13(2)27-11-17-15(5-4-6-16(17)22(27)30)14-7-8-18-19(9-14)24-10-20(28)26-18/h4-10H,1-2,11H2,3H3,(H,25,29)(H,26,28). The zero-order chi connectivity index (χ0) is 23.0. The Morgan fingerprint density at radius 2 is 1.91 bits per heavy atom. The molecule has 3 aromatic rings. The average Bonchev–Trinajstić information content (AvgIpc) is 3.14. The Kier molecular flexibility index (Phi) is 5.15. The van der Waals surface area contributed by atoms with Gasteiger partial charge in [0.05, 0.1) is 30.9 Å². The van der Waals surface area contributed by atoms with Crippen LogP contribution in [0.5, 0.6) is 0 Å². The van der Waals surface area contributed by atoms with Crippen LogP contribution < -0.4 is 10.9 Å². The monoisotopic (exact) mass is 430 g/mol. The van der Waals surface area contributed by atoms with E-state index in [2.05, 4.69) is 33.2 Å². The maximum absolute atomic E-state index is 13.0. The summed E-state index contributed by atoms with van der Waals surface area (Å²) in [6.45, 7) is 7.28. The number of nitrogens with one attached hydrogen (secondary N) is 2. The second kappa shape index (κ2) is 7.95. The number of aromatic amines is 1. The summed E-state index contributed by atoms with van der Waals surface area (Å²) in [7, 11) is 1.16. The first kappa shape index (κ1) is 20.7. The topological polar surface area (TPSA) is 121 Å². The van der Waals surface area contributed by atoms with E-state index in [0.29, 0.717) is 16.6 Å². The predicted octanol–water partition coefficient (Wildman–Crippen LogP) is 1.86. The van der Waals surface area contributed by atoms with Crippen molar-refractivity contribution in [1.29, 1.82) is 0 Å². The molecule has 2 N–H and O–H groups in total. The van der Waals surface area contributed by atoms with Gasteiger partial charge in [-0.1, -0.05) is 31.4 Å². The van der Waals surface area contributed by atoms with E-state index in [-0.39, 0.29) is 29.4 Å². The van der Waals surface area contributed by atoms with Gasteiger partial charge in [-0.2, -0.15) is 0 Å². The predicted molar refractivity (Wildman–Crippen MR) is 116 cm³/mol. The van der Waals surface area contributed by atoms with Crippen LogP contribution in [0.15, 0.2) is 71.9 Å². The molecule has 0 fully saturated rings. The van der Waals surface area contributed by atoms with E-state index in [4.69, 9.17) is 0 Å². The highest BCUT2D eigenvalue weighted by molar-refractivity contribution is 6.08. The molecule has 0 saturated carbocycles. The number of rotatable bonds is 5.